The van der Waals surface area contributed by atoms with Crippen molar-refractivity contribution < 1.29 is 9.15 Å². The molecule has 1 aromatic heterocycles. The van der Waals surface area contributed by atoms with Crippen molar-refractivity contribution in [1.82, 2.24) is 5.32 Å². The van der Waals surface area contributed by atoms with Crippen LogP contribution in [0.1, 0.15) is 31.4 Å². The van der Waals surface area contributed by atoms with Crippen molar-refractivity contribution in [3.8, 4) is 0 Å². The molecular formula is C16H21NO2. The molecule has 2 heterocycles. The molecule has 0 aliphatic carbocycles. The molecule has 1 atom stereocenters. The summed E-state index contributed by atoms with van der Waals surface area (Å²) >= 11 is 0. The monoisotopic (exact) mass is 259 g/mol. The van der Waals surface area contributed by atoms with Crippen molar-refractivity contribution in [2.75, 3.05) is 13.2 Å². The van der Waals surface area contributed by atoms with E-state index in [1.165, 1.54) is 24.6 Å². The van der Waals surface area contributed by atoms with Gasteiger partial charge in [0.25, 0.3) is 0 Å². The summed E-state index contributed by atoms with van der Waals surface area (Å²) in [5, 5.41) is 4.61. The topological polar surface area (TPSA) is 34.4 Å². The first-order chi connectivity index (χ1) is 9.42. The van der Waals surface area contributed by atoms with Gasteiger partial charge in [0, 0.05) is 12.0 Å². The van der Waals surface area contributed by atoms with Crippen LogP contribution in [-0.4, -0.2) is 19.3 Å². The highest BCUT2D eigenvalue weighted by molar-refractivity contribution is 5.77. The van der Waals surface area contributed by atoms with Crippen LogP contribution in [0.5, 0.6) is 0 Å². The zero-order valence-corrected chi connectivity index (χ0v) is 11.2. The van der Waals surface area contributed by atoms with E-state index < -0.39 is 0 Å². The van der Waals surface area contributed by atoms with Crippen LogP contribution in [0.2, 0.25) is 0 Å². The van der Waals surface area contributed by atoms with Gasteiger partial charge in [0.1, 0.15) is 11.3 Å². The van der Waals surface area contributed by atoms with Crippen LogP contribution in [0.4, 0.5) is 0 Å². The molecule has 1 fully saturated rings. The predicted octanol–water partition coefficient (Wildman–Crippen LogP) is 3.48. The number of hydrogen-bond donors (Lipinski definition) is 1. The molecule has 0 radical (unpaired) electrons. The minimum Gasteiger partial charge on any atom is -0.460 e. The molecule has 3 rings (SSSR count). The third kappa shape index (κ3) is 3.37. The molecule has 102 valence electrons. The number of ether oxygens (including phenoxy) is 1. The Bertz CT molecular complexity index is 481. The van der Waals surface area contributed by atoms with Crippen LogP contribution in [0.25, 0.3) is 11.0 Å². The largest absolute Gasteiger partial charge is 0.460 e. The second-order valence-electron chi connectivity index (χ2n) is 5.20. The van der Waals surface area contributed by atoms with Gasteiger partial charge in [-0.3, -0.25) is 0 Å². The third-order valence-electron chi connectivity index (χ3n) is 3.69. The lowest BCUT2D eigenvalue weighted by Gasteiger charge is -2.22. The maximum atomic E-state index is 5.77. The van der Waals surface area contributed by atoms with Crippen LogP contribution in [0.15, 0.2) is 34.7 Å². The number of furan rings is 1. The Labute approximate surface area is 113 Å². The Morgan fingerprint density at radius 3 is 3.00 bits per heavy atom. The van der Waals surface area contributed by atoms with Crippen molar-refractivity contribution >= 4 is 11.0 Å². The molecule has 1 aliphatic rings. The Balaban J connectivity index is 1.44. The molecule has 1 saturated heterocycles. The highest BCUT2D eigenvalue weighted by Crippen LogP contribution is 2.19. The molecule has 0 spiro atoms. The van der Waals surface area contributed by atoms with Gasteiger partial charge in [0.05, 0.1) is 12.6 Å². The van der Waals surface area contributed by atoms with Crippen LogP contribution in [0, 0.1) is 0 Å². The number of para-hydroxylation sites is 1. The number of benzene rings is 1. The first-order valence-corrected chi connectivity index (χ1v) is 7.21. The van der Waals surface area contributed by atoms with Gasteiger partial charge >= 0.3 is 0 Å². The molecule has 1 N–H and O–H groups in total. The van der Waals surface area contributed by atoms with Gasteiger partial charge in [-0.25, -0.2) is 0 Å². The minimum atomic E-state index is 0.455. The Hall–Kier alpha value is -1.32. The fraction of sp³-hybridized carbons (Fsp3) is 0.500. The molecule has 0 bridgehead atoms. The quantitative estimate of drug-likeness (QED) is 0.835. The van der Waals surface area contributed by atoms with Crippen molar-refractivity contribution in [3.05, 3.63) is 36.1 Å². The normalized spacial score (nSPS) is 19.9. The van der Waals surface area contributed by atoms with Crippen molar-refractivity contribution in [2.24, 2.45) is 0 Å². The fourth-order valence-electron chi connectivity index (χ4n) is 2.63. The summed E-state index contributed by atoms with van der Waals surface area (Å²) < 4.78 is 11.5. The van der Waals surface area contributed by atoms with Crippen LogP contribution >= 0.6 is 0 Å². The lowest BCUT2D eigenvalue weighted by molar-refractivity contribution is 0.0115. The molecule has 19 heavy (non-hydrogen) atoms. The zero-order valence-electron chi connectivity index (χ0n) is 11.2. The highest BCUT2D eigenvalue weighted by atomic mass is 16.5. The molecule has 1 aromatic carbocycles. The average Bonchev–Trinajstić information content (AvgIpc) is 2.87. The molecule has 3 nitrogen and oxygen atoms in total. The molecule has 1 aliphatic heterocycles. The van der Waals surface area contributed by atoms with E-state index in [9.17, 15) is 0 Å². The van der Waals surface area contributed by atoms with Gasteiger partial charge < -0.3 is 14.5 Å². The van der Waals surface area contributed by atoms with Gasteiger partial charge in [-0.1, -0.05) is 18.2 Å². The maximum Gasteiger partial charge on any atom is 0.134 e. The number of fused-ring (bicyclic) bond motifs is 1. The van der Waals surface area contributed by atoms with Gasteiger partial charge in [-0.15, -0.1) is 0 Å². The summed E-state index contributed by atoms with van der Waals surface area (Å²) in [5.41, 5.74) is 0.968. The number of nitrogens with one attached hydrogen (secondary N) is 1. The standard InChI is InChI=1S/C16H21NO2/c1-2-7-16-13(5-1)11-15(19-16)12-17-9-8-14-6-3-4-10-18-14/h1-2,5,7,11,14,17H,3-4,6,8-10,12H2. The summed E-state index contributed by atoms with van der Waals surface area (Å²) in [7, 11) is 0. The van der Waals surface area contributed by atoms with E-state index in [2.05, 4.69) is 17.4 Å². The smallest absolute Gasteiger partial charge is 0.134 e. The summed E-state index contributed by atoms with van der Waals surface area (Å²) in [6.45, 7) is 2.72. The second-order valence-corrected chi connectivity index (χ2v) is 5.20. The van der Waals surface area contributed by atoms with E-state index in [0.717, 1.165) is 37.5 Å². The molecule has 0 amide bonds. The second kappa shape index (κ2) is 6.22. The number of hydrogen-bond acceptors (Lipinski definition) is 3. The SMILES string of the molecule is c1ccc2oc(CNCCC3CCCCO3)cc2c1. The number of rotatable bonds is 5. The average molecular weight is 259 g/mol. The molecule has 0 saturated carbocycles. The first-order valence-electron chi connectivity index (χ1n) is 7.21. The highest BCUT2D eigenvalue weighted by Gasteiger charge is 2.12. The van der Waals surface area contributed by atoms with Gasteiger partial charge in [0.2, 0.25) is 0 Å². The van der Waals surface area contributed by atoms with Crippen LogP contribution in [-0.2, 0) is 11.3 Å². The third-order valence-corrected chi connectivity index (χ3v) is 3.69. The molecule has 1 unspecified atom stereocenters. The van der Waals surface area contributed by atoms with E-state index in [1.807, 2.05) is 18.2 Å². The predicted molar refractivity (Wildman–Crippen MR) is 76.1 cm³/mol. The van der Waals surface area contributed by atoms with Gasteiger partial charge in [-0.2, -0.15) is 0 Å². The summed E-state index contributed by atoms with van der Waals surface area (Å²) in [5.74, 6) is 1.01. The minimum absolute atomic E-state index is 0.455. The van der Waals surface area contributed by atoms with E-state index in [0.29, 0.717) is 6.10 Å². The lowest BCUT2D eigenvalue weighted by atomic mass is 10.1. The zero-order chi connectivity index (χ0) is 12.9. The van der Waals surface area contributed by atoms with E-state index in [1.54, 1.807) is 0 Å². The summed E-state index contributed by atoms with van der Waals surface area (Å²) in [4.78, 5) is 0. The first kappa shape index (κ1) is 12.7. The molecular weight excluding hydrogens is 238 g/mol. The Kier molecular flexibility index (Phi) is 4.16. The fourth-order valence-corrected chi connectivity index (χ4v) is 2.63. The van der Waals surface area contributed by atoms with E-state index in [-0.39, 0.29) is 0 Å². The molecule has 2 aromatic rings. The van der Waals surface area contributed by atoms with Crippen molar-refractivity contribution in [3.63, 3.8) is 0 Å². The van der Waals surface area contributed by atoms with Crippen LogP contribution in [0.3, 0.4) is 0 Å². The summed E-state index contributed by atoms with van der Waals surface area (Å²) in [6, 6.07) is 10.2. The van der Waals surface area contributed by atoms with E-state index in [4.69, 9.17) is 9.15 Å². The van der Waals surface area contributed by atoms with Crippen molar-refractivity contribution in [2.45, 2.75) is 38.3 Å². The van der Waals surface area contributed by atoms with E-state index >= 15 is 0 Å². The van der Waals surface area contributed by atoms with Gasteiger partial charge in [-0.05, 0) is 44.4 Å². The maximum absolute atomic E-state index is 5.77. The Morgan fingerprint density at radius 1 is 1.21 bits per heavy atom. The Morgan fingerprint density at radius 2 is 2.16 bits per heavy atom. The van der Waals surface area contributed by atoms with Crippen molar-refractivity contribution in [1.29, 1.82) is 0 Å². The summed E-state index contributed by atoms with van der Waals surface area (Å²) in [6.07, 6.45) is 5.31. The lowest BCUT2D eigenvalue weighted by Crippen LogP contribution is -2.25. The molecule has 3 heteroatoms. The van der Waals surface area contributed by atoms with Gasteiger partial charge in [0.15, 0.2) is 0 Å². The van der Waals surface area contributed by atoms with Crippen LogP contribution < -0.4 is 5.32 Å².